The monoisotopic (exact) mass is 251 g/mol. The summed E-state index contributed by atoms with van der Waals surface area (Å²) in [6, 6.07) is 6.03. The third-order valence-electron chi connectivity index (χ3n) is 2.73. The van der Waals surface area contributed by atoms with Crippen LogP contribution in [-0.2, 0) is 0 Å². The van der Waals surface area contributed by atoms with Gasteiger partial charge in [0.25, 0.3) is 0 Å². The predicted octanol–water partition coefficient (Wildman–Crippen LogP) is 4.13. The van der Waals surface area contributed by atoms with E-state index in [-0.39, 0.29) is 0 Å². The summed E-state index contributed by atoms with van der Waals surface area (Å²) in [7, 11) is 0. The van der Waals surface area contributed by atoms with Crippen molar-refractivity contribution in [1.82, 2.24) is 15.0 Å². The lowest BCUT2D eigenvalue weighted by atomic mass is 10.1. The Morgan fingerprint density at radius 2 is 2.11 bits per heavy atom. The first-order valence-corrected chi connectivity index (χ1v) is 6.17. The fourth-order valence-corrected chi connectivity index (χ4v) is 1.83. The molecular weight excluding hydrogens is 234 g/mol. The van der Waals surface area contributed by atoms with Gasteiger partial charge >= 0.3 is 0 Å². The molecule has 0 atom stereocenters. The van der Waals surface area contributed by atoms with Crippen LogP contribution >= 0.6 is 0 Å². The van der Waals surface area contributed by atoms with E-state index in [2.05, 4.69) is 34.5 Å². The van der Waals surface area contributed by atoms with E-state index in [0.29, 0.717) is 0 Å². The summed E-state index contributed by atoms with van der Waals surface area (Å²) in [6.45, 7) is 7.34. The Morgan fingerprint density at radius 1 is 1.32 bits per heavy atom. The molecule has 0 aromatic carbocycles. The molecule has 19 heavy (non-hydrogen) atoms. The first-order chi connectivity index (χ1) is 9.26. The Bertz CT molecular complexity index is 669. The summed E-state index contributed by atoms with van der Waals surface area (Å²) in [4.78, 5) is 11.7. The molecule has 0 aliphatic carbocycles. The first kappa shape index (κ1) is 13.0. The third-order valence-corrected chi connectivity index (χ3v) is 2.73. The van der Waals surface area contributed by atoms with E-state index in [0.717, 1.165) is 16.8 Å². The smallest absolute Gasteiger partial charge is 0.0725 e. The van der Waals surface area contributed by atoms with Crippen LogP contribution in [0.5, 0.6) is 0 Å². The van der Waals surface area contributed by atoms with Gasteiger partial charge in [0.1, 0.15) is 0 Å². The lowest BCUT2D eigenvalue weighted by Crippen LogP contribution is -1.84. The number of pyridine rings is 2. The summed E-state index contributed by atoms with van der Waals surface area (Å²) in [5.41, 5.74) is 4.32. The second kappa shape index (κ2) is 5.96. The number of hydrogen-bond donors (Lipinski definition) is 1. The molecule has 3 heterocycles. The van der Waals surface area contributed by atoms with Crippen LogP contribution < -0.4 is 0 Å². The minimum absolute atomic E-state index is 0.961. The molecule has 3 nitrogen and oxygen atoms in total. The van der Waals surface area contributed by atoms with Gasteiger partial charge in [-0.2, -0.15) is 0 Å². The van der Waals surface area contributed by atoms with E-state index in [1.165, 1.54) is 10.9 Å². The largest absolute Gasteiger partial charge is 0.360 e. The number of H-pyrrole nitrogens is 1. The van der Waals surface area contributed by atoms with Gasteiger partial charge in [-0.3, -0.25) is 9.97 Å². The summed E-state index contributed by atoms with van der Waals surface area (Å²) in [5, 5.41) is 1.22. The second-order valence-electron chi connectivity index (χ2n) is 4.24. The van der Waals surface area contributed by atoms with Gasteiger partial charge in [0.2, 0.25) is 0 Å². The zero-order valence-corrected chi connectivity index (χ0v) is 11.2. The highest BCUT2D eigenvalue weighted by atomic mass is 14.7. The van der Waals surface area contributed by atoms with Crippen molar-refractivity contribution in [2.75, 3.05) is 0 Å². The topological polar surface area (TPSA) is 41.6 Å². The van der Waals surface area contributed by atoms with Crippen molar-refractivity contribution in [2.24, 2.45) is 0 Å². The zero-order chi connectivity index (χ0) is 13.7. The first-order valence-electron chi connectivity index (χ1n) is 6.17. The van der Waals surface area contributed by atoms with Crippen molar-refractivity contribution in [1.29, 1.82) is 0 Å². The molecule has 0 aliphatic rings. The fraction of sp³-hybridized carbons (Fsp3) is 0.125. The number of nitrogens with zero attached hydrogens (tertiary/aromatic N) is 2. The molecule has 0 saturated carbocycles. The average Bonchev–Trinajstić information content (AvgIpc) is 2.82. The molecule has 3 rings (SSSR count). The molecule has 1 N–H and O–H groups in total. The maximum absolute atomic E-state index is 4.42. The number of fused-ring (bicyclic) bond motifs is 1. The van der Waals surface area contributed by atoms with Crippen LogP contribution in [0.4, 0.5) is 0 Å². The van der Waals surface area contributed by atoms with Gasteiger partial charge in [0.05, 0.1) is 17.4 Å². The molecule has 0 saturated heterocycles. The highest BCUT2D eigenvalue weighted by molar-refractivity contribution is 5.85. The van der Waals surface area contributed by atoms with Crippen molar-refractivity contribution < 1.29 is 0 Å². The highest BCUT2D eigenvalue weighted by Crippen LogP contribution is 2.22. The number of aryl methyl sites for hydroxylation is 1. The van der Waals surface area contributed by atoms with Gasteiger partial charge in [-0.15, -0.1) is 6.58 Å². The lowest BCUT2D eigenvalue weighted by molar-refractivity contribution is 1.29. The Labute approximate surface area is 113 Å². The van der Waals surface area contributed by atoms with Crippen LogP contribution in [0.1, 0.15) is 12.5 Å². The second-order valence-corrected chi connectivity index (χ2v) is 4.24. The lowest BCUT2D eigenvalue weighted by Gasteiger charge is -2.00. The van der Waals surface area contributed by atoms with Crippen molar-refractivity contribution in [3.63, 3.8) is 0 Å². The zero-order valence-electron chi connectivity index (χ0n) is 11.2. The summed E-state index contributed by atoms with van der Waals surface area (Å²) in [6.07, 6.45) is 9.21. The van der Waals surface area contributed by atoms with E-state index >= 15 is 0 Å². The predicted molar refractivity (Wildman–Crippen MR) is 79.9 cm³/mol. The molecule has 0 radical (unpaired) electrons. The van der Waals surface area contributed by atoms with Gasteiger partial charge in [0, 0.05) is 29.5 Å². The number of rotatable bonds is 1. The van der Waals surface area contributed by atoms with Gasteiger partial charge in [-0.25, -0.2) is 0 Å². The average molecular weight is 251 g/mol. The molecule has 3 heteroatoms. The molecule has 3 aromatic rings. The minimum atomic E-state index is 0.961. The van der Waals surface area contributed by atoms with E-state index in [1.54, 1.807) is 12.3 Å². The van der Waals surface area contributed by atoms with E-state index in [4.69, 9.17) is 0 Å². The number of allylic oxidation sites excluding steroid dienone is 1. The van der Waals surface area contributed by atoms with Crippen molar-refractivity contribution >= 4 is 10.9 Å². The van der Waals surface area contributed by atoms with E-state index in [9.17, 15) is 0 Å². The van der Waals surface area contributed by atoms with Crippen LogP contribution in [0.3, 0.4) is 0 Å². The molecule has 0 spiro atoms. The van der Waals surface area contributed by atoms with Crippen LogP contribution in [0, 0.1) is 6.92 Å². The molecule has 0 amide bonds. The van der Waals surface area contributed by atoms with Crippen molar-refractivity contribution in [3.05, 3.63) is 61.2 Å². The molecule has 0 unspecified atom stereocenters. The van der Waals surface area contributed by atoms with Gasteiger partial charge in [-0.1, -0.05) is 6.08 Å². The standard InChI is InChI=1S/C13H11N3.C3H6/c1-9-6-15-13-8-16-12(5-11(9)13)10-3-2-4-14-7-10;1-3-2/h2-8,15H,1H3;3H,1H2,2H3. The quantitative estimate of drug-likeness (QED) is 0.661. The number of aromatic amines is 1. The normalized spacial score (nSPS) is 9.79. The molecule has 0 fully saturated rings. The van der Waals surface area contributed by atoms with Crippen LogP contribution in [0.15, 0.2) is 55.6 Å². The molecule has 96 valence electrons. The molecule has 3 aromatic heterocycles. The SMILES string of the molecule is C=CC.Cc1c[nH]c2cnc(-c3cccnc3)cc12. The van der Waals surface area contributed by atoms with Gasteiger partial charge in [-0.05, 0) is 37.6 Å². The van der Waals surface area contributed by atoms with E-state index in [1.807, 2.05) is 37.6 Å². The van der Waals surface area contributed by atoms with Crippen LogP contribution in [-0.4, -0.2) is 15.0 Å². The maximum atomic E-state index is 4.42. The maximum Gasteiger partial charge on any atom is 0.0725 e. The van der Waals surface area contributed by atoms with Crippen molar-refractivity contribution in [2.45, 2.75) is 13.8 Å². The van der Waals surface area contributed by atoms with Gasteiger partial charge < -0.3 is 4.98 Å². The van der Waals surface area contributed by atoms with E-state index < -0.39 is 0 Å². The number of aromatic nitrogens is 3. The summed E-state index contributed by atoms with van der Waals surface area (Å²) >= 11 is 0. The highest BCUT2D eigenvalue weighted by Gasteiger charge is 2.03. The summed E-state index contributed by atoms with van der Waals surface area (Å²) < 4.78 is 0. The number of nitrogens with one attached hydrogen (secondary N) is 1. The Hall–Kier alpha value is -2.42. The Balaban J connectivity index is 0.000000408. The minimum Gasteiger partial charge on any atom is -0.360 e. The van der Waals surface area contributed by atoms with Crippen LogP contribution in [0.25, 0.3) is 22.2 Å². The molecular formula is C16H17N3. The summed E-state index contributed by atoms with van der Waals surface area (Å²) in [5.74, 6) is 0. The van der Waals surface area contributed by atoms with Gasteiger partial charge in [0.15, 0.2) is 0 Å². The molecule has 0 aliphatic heterocycles. The number of hydrogen-bond acceptors (Lipinski definition) is 2. The third kappa shape index (κ3) is 2.88. The fourth-order valence-electron chi connectivity index (χ4n) is 1.83. The molecule has 0 bridgehead atoms. The van der Waals surface area contributed by atoms with Crippen molar-refractivity contribution in [3.8, 4) is 11.3 Å². The van der Waals surface area contributed by atoms with Crippen LogP contribution in [0.2, 0.25) is 0 Å². The Kier molecular flexibility index (Phi) is 4.08. The Morgan fingerprint density at radius 3 is 2.79 bits per heavy atom.